The van der Waals surface area contributed by atoms with Gasteiger partial charge in [-0.25, -0.2) is 0 Å². The molecular weight excluding hydrogens is 258 g/mol. The van der Waals surface area contributed by atoms with Gasteiger partial charge in [-0.05, 0) is 29.3 Å². The summed E-state index contributed by atoms with van der Waals surface area (Å²) in [7, 11) is 0. The summed E-state index contributed by atoms with van der Waals surface area (Å²) in [6, 6.07) is 2.37. The molecule has 2 N–H and O–H groups in total. The first-order valence-electron chi connectivity index (χ1n) is 6.94. The predicted molar refractivity (Wildman–Crippen MR) is 77.0 cm³/mol. The molecule has 2 unspecified atom stereocenters. The van der Waals surface area contributed by atoms with Crippen LogP contribution in [-0.4, -0.2) is 47.9 Å². The highest BCUT2D eigenvalue weighted by Gasteiger charge is 2.29. The van der Waals surface area contributed by atoms with Gasteiger partial charge < -0.3 is 10.6 Å². The third-order valence-electron chi connectivity index (χ3n) is 4.27. The van der Waals surface area contributed by atoms with E-state index in [9.17, 15) is 4.79 Å². The summed E-state index contributed by atoms with van der Waals surface area (Å²) in [5.74, 6) is 0.746. The lowest BCUT2D eigenvalue weighted by Crippen LogP contribution is -2.42. The number of likely N-dealkylation sites (tertiary alicyclic amines) is 1. The lowest BCUT2D eigenvalue weighted by molar-refractivity contribution is -0.133. The Morgan fingerprint density at radius 3 is 3.11 bits per heavy atom. The van der Waals surface area contributed by atoms with E-state index < -0.39 is 0 Å². The Kier molecular flexibility index (Phi) is 3.60. The first-order chi connectivity index (χ1) is 9.13. The molecule has 104 valence electrons. The maximum Gasteiger partial charge on any atom is 0.237 e. The molecule has 0 radical (unpaired) electrons. The van der Waals surface area contributed by atoms with E-state index in [0.29, 0.717) is 12.5 Å². The van der Waals surface area contributed by atoms with Crippen molar-refractivity contribution >= 4 is 17.2 Å². The van der Waals surface area contributed by atoms with Crippen LogP contribution >= 0.6 is 11.3 Å². The lowest BCUT2D eigenvalue weighted by Gasteiger charge is -2.28. The van der Waals surface area contributed by atoms with Crippen LogP contribution < -0.4 is 5.73 Å². The topological polar surface area (TPSA) is 49.6 Å². The van der Waals surface area contributed by atoms with E-state index in [-0.39, 0.29) is 11.9 Å². The standard InChI is InChI=1S/C14H21N3OS/c1-10-6-16(8-12(10)15)9-14(18)17-4-2-13-11(7-17)3-5-19-13/h3,5,10,12H,2,4,6-9,15H2,1H3. The van der Waals surface area contributed by atoms with Crippen molar-refractivity contribution in [1.82, 2.24) is 9.80 Å². The third-order valence-corrected chi connectivity index (χ3v) is 5.29. The fourth-order valence-corrected chi connectivity index (χ4v) is 3.87. The largest absolute Gasteiger partial charge is 0.337 e. The van der Waals surface area contributed by atoms with Crippen LogP contribution in [0.1, 0.15) is 17.4 Å². The molecule has 19 heavy (non-hydrogen) atoms. The molecule has 3 rings (SSSR count). The molecule has 2 atom stereocenters. The van der Waals surface area contributed by atoms with Crippen molar-refractivity contribution in [2.75, 3.05) is 26.2 Å². The van der Waals surface area contributed by atoms with Crippen LogP contribution in [0.5, 0.6) is 0 Å². The Hall–Kier alpha value is -0.910. The predicted octanol–water partition coefficient (Wildman–Crippen LogP) is 0.912. The quantitative estimate of drug-likeness (QED) is 0.875. The second-order valence-electron chi connectivity index (χ2n) is 5.77. The average molecular weight is 279 g/mol. The zero-order valence-corrected chi connectivity index (χ0v) is 12.2. The molecule has 1 fully saturated rings. The molecule has 3 heterocycles. The zero-order valence-electron chi connectivity index (χ0n) is 11.3. The van der Waals surface area contributed by atoms with Crippen LogP contribution in [0.4, 0.5) is 0 Å². The van der Waals surface area contributed by atoms with Gasteiger partial charge in [-0.1, -0.05) is 6.92 Å². The molecule has 2 aliphatic heterocycles. The molecule has 1 saturated heterocycles. The monoisotopic (exact) mass is 279 g/mol. The first-order valence-corrected chi connectivity index (χ1v) is 7.82. The molecule has 0 aromatic carbocycles. The molecule has 0 saturated carbocycles. The van der Waals surface area contributed by atoms with E-state index in [2.05, 4.69) is 23.3 Å². The number of thiophene rings is 1. The number of hydrogen-bond acceptors (Lipinski definition) is 4. The van der Waals surface area contributed by atoms with Crippen molar-refractivity contribution in [3.63, 3.8) is 0 Å². The maximum atomic E-state index is 12.3. The summed E-state index contributed by atoms with van der Waals surface area (Å²) in [5, 5.41) is 2.12. The Bertz CT molecular complexity index is 463. The summed E-state index contributed by atoms with van der Waals surface area (Å²) < 4.78 is 0. The van der Waals surface area contributed by atoms with E-state index in [1.807, 2.05) is 16.2 Å². The average Bonchev–Trinajstić information content (AvgIpc) is 2.96. The number of carbonyl (C=O) groups excluding carboxylic acids is 1. The minimum atomic E-state index is 0.220. The van der Waals surface area contributed by atoms with E-state index in [1.54, 1.807) is 0 Å². The molecule has 4 nitrogen and oxygen atoms in total. The van der Waals surface area contributed by atoms with Gasteiger partial charge in [0.1, 0.15) is 0 Å². The van der Waals surface area contributed by atoms with E-state index >= 15 is 0 Å². The molecule has 0 bridgehead atoms. The van der Waals surface area contributed by atoms with Crippen LogP contribution in [0.3, 0.4) is 0 Å². The smallest absolute Gasteiger partial charge is 0.237 e. The van der Waals surface area contributed by atoms with Crippen molar-refractivity contribution < 1.29 is 4.79 Å². The minimum Gasteiger partial charge on any atom is -0.337 e. The fourth-order valence-electron chi connectivity index (χ4n) is 2.98. The molecule has 5 heteroatoms. The van der Waals surface area contributed by atoms with E-state index in [0.717, 1.165) is 32.6 Å². The van der Waals surface area contributed by atoms with Gasteiger partial charge in [0.2, 0.25) is 5.91 Å². The van der Waals surface area contributed by atoms with E-state index in [4.69, 9.17) is 5.73 Å². The third kappa shape index (κ3) is 2.68. The normalized spacial score (nSPS) is 27.6. The molecule has 0 spiro atoms. The van der Waals surface area contributed by atoms with Gasteiger partial charge in [-0.3, -0.25) is 9.69 Å². The van der Waals surface area contributed by atoms with Crippen LogP contribution in [0.2, 0.25) is 0 Å². The first kappa shape index (κ1) is 13.1. The number of nitrogens with zero attached hydrogens (tertiary/aromatic N) is 2. The number of fused-ring (bicyclic) bond motifs is 1. The Balaban J connectivity index is 1.57. The molecule has 2 aliphatic rings. The van der Waals surface area contributed by atoms with Crippen LogP contribution in [0.15, 0.2) is 11.4 Å². The molecule has 1 amide bonds. The highest BCUT2D eigenvalue weighted by atomic mass is 32.1. The molecule has 1 aromatic heterocycles. The highest BCUT2D eigenvalue weighted by molar-refractivity contribution is 7.10. The lowest BCUT2D eigenvalue weighted by atomic mass is 10.1. The van der Waals surface area contributed by atoms with Crippen molar-refractivity contribution in [2.45, 2.75) is 25.9 Å². The van der Waals surface area contributed by atoms with Gasteiger partial charge in [0, 0.05) is 37.1 Å². The summed E-state index contributed by atoms with van der Waals surface area (Å²) in [6.45, 7) is 6.13. The van der Waals surface area contributed by atoms with Gasteiger partial charge >= 0.3 is 0 Å². The Labute approximate surface area is 118 Å². The zero-order chi connectivity index (χ0) is 13.4. The second kappa shape index (κ2) is 5.23. The molecular formula is C14H21N3OS. The number of amides is 1. The maximum absolute atomic E-state index is 12.3. The Morgan fingerprint density at radius 2 is 2.37 bits per heavy atom. The highest BCUT2D eigenvalue weighted by Crippen LogP contribution is 2.24. The van der Waals surface area contributed by atoms with Gasteiger partial charge in [-0.15, -0.1) is 11.3 Å². The van der Waals surface area contributed by atoms with Crippen molar-refractivity contribution in [1.29, 1.82) is 0 Å². The second-order valence-corrected chi connectivity index (χ2v) is 6.77. The number of rotatable bonds is 2. The SMILES string of the molecule is CC1CN(CC(=O)N2CCc3sccc3C2)CC1N. The van der Waals surface area contributed by atoms with Crippen LogP contribution in [-0.2, 0) is 17.8 Å². The molecule has 0 aliphatic carbocycles. The number of carbonyl (C=O) groups is 1. The van der Waals surface area contributed by atoms with Crippen molar-refractivity contribution in [3.8, 4) is 0 Å². The fraction of sp³-hybridized carbons (Fsp3) is 0.643. The van der Waals surface area contributed by atoms with Gasteiger partial charge in [0.15, 0.2) is 0 Å². The summed E-state index contributed by atoms with van der Waals surface area (Å²) >= 11 is 1.81. The molecule has 1 aromatic rings. The number of hydrogen-bond donors (Lipinski definition) is 1. The summed E-state index contributed by atoms with van der Waals surface area (Å²) in [5.41, 5.74) is 7.34. The van der Waals surface area contributed by atoms with Gasteiger partial charge in [-0.2, -0.15) is 0 Å². The minimum absolute atomic E-state index is 0.220. The van der Waals surface area contributed by atoms with Crippen LogP contribution in [0, 0.1) is 5.92 Å². The van der Waals surface area contributed by atoms with Crippen molar-refractivity contribution in [2.24, 2.45) is 11.7 Å². The number of nitrogens with two attached hydrogens (primary N) is 1. The summed E-state index contributed by atoms with van der Waals surface area (Å²) in [4.78, 5) is 18.0. The van der Waals surface area contributed by atoms with Crippen molar-refractivity contribution in [3.05, 3.63) is 21.9 Å². The van der Waals surface area contributed by atoms with Gasteiger partial charge in [0.05, 0.1) is 6.54 Å². The Morgan fingerprint density at radius 1 is 1.53 bits per heavy atom. The van der Waals surface area contributed by atoms with E-state index in [1.165, 1.54) is 10.4 Å². The van der Waals surface area contributed by atoms with Gasteiger partial charge in [0.25, 0.3) is 0 Å². The summed E-state index contributed by atoms with van der Waals surface area (Å²) in [6.07, 6.45) is 1.01. The van der Waals surface area contributed by atoms with Crippen LogP contribution in [0.25, 0.3) is 0 Å².